The van der Waals surface area contributed by atoms with Crippen molar-refractivity contribution in [3.8, 4) is 0 Å². The van der Waals surface area contributed by atoms with Crippen molar-refractivity contribution >= 4 is 0 Å². The quantitative estimate of drug-likeness (QED) is 0.834. The van der Waals surface area contributed by atoms with Crippen molar-refractivity contribution in [2.45, 2.75) is 44.2 Å². The van der Waals surface area contributed by atoms with Gasteiger partial charge in [0.2, 0.25) is 0 Å². The minimum absolute atomic E-state index is 0.219. The molecule has 2 aliphatic carbocycles. The molecule has 2 heteroatoms. The first-order valence-corrected chi connectivity index (χ1v) is 7.26. The van der Waals surface area contributed by atoms with Gasteiger partial charge in [-0.2, -0.15) is 0 Å². The summed E-state index contributed by atoms with van der Waals surface area (Å²) in [5.41, 5.74) is 1.31. The fourth-order valence-electron chi connectivity index (χ4n) is 3.83. The van der Waals surface area contributed by atoms with E-state index in [1.54, 1.807) is 0 Å². The Hall–Kier alpha value is -0.860. The maximum Gasteiger partial charge on any atom is 0.0587 e. The van der Waals surface area contributed by atoms with E-state index in [1.807, 2.05) is 6.07 Å². The number of aliphatic hydroxyl groups excluding tert-OH is 1. The summed E-state index contributed by atoms with van der Waals surface area (Å²) in [4.78, 5) is 0. The molecule has 0 amide bonds. The maximum absolute atomic E-state index is 9.56. The highest BCUT2D eigenvalue weighted by molar-refractivity contribution is 5.16. The largest absolute Gasteiger partial charge is 0.395 e. The molecule has 18 heavy (non-hydrogen) atoms. The lowest BCUT2D eigenvalue weighted by molar-refractivity contribution is 0.213. The van der Waals surface area contributed by atoms with Crippen LogP contribution in [0, 0.1) is 11.8 Å². The molecule has 2 aliphatic rings. The first-order valence-electron chi connectivity index (χ1n) is 7.26. The Kier molecular flexibility index (Phi) is 3.67. The van der Waals surface area contributed by atoms with Crippen LogP contribution in [0.3, 0.4) is 0 Å². The van der Waals surface area contributed by atoms with Crippen molar-refractivity contribution in [2.75, 3.05) is 6.61 Å². The van der Waals surface area contributed by atoms with E-state index < -0.39 is 0 Å². The van der Waals surface area contributed by atoms with E-state index in [1.165, 1.54) is 31.2 Å². The third kappa shape index (κ3) is 2.60. The van der Waals surface area contributed by atoms with Gasteiger partial charge in [0.05, 0.1) is 6.61 Å². The fourth-order valence-corrected chi connectivity index (χ4v) is 3.83. The van der Waals surface area contributed by atoms with Crippen molar-refractivity contribution < 1.29 is 5.11 Å². The predicted molar refractivity (Wildman–Crippen MR) is 73.4 cm³/mol. The maximum atomic E-state index is 9.56. The molecule has 2 bridgehead atoms. The van der Waals surface area contributed by atoms with E-state index >= 15 is 0 Å². The molecule has 0 aliphatic heterocycles. The molecule has 2 nitrogen and oxygen atoms in total. The normalized spacial score (nSPS) is 31.7. The molecule has 98 valence electrons. The van der Waals surface area contributed by atoms with Gasteiger partial charge < -0.3 is 10.4 Å². The third-order valence-electron chi connectivity index (χ3n) is 4.73. The van der Waals surface area contributed by atoms with Crippen molar-refractivity contribution in [3.63, 3.8) is 0 Å². The minimum Gasteiger partial charge on any atom is -0.395 e. The summed E-state index contributed by atoms with van der Waals surface area (Å²) in [6.07, 6.45) is 6.51. The summed E-state index contributed by atoms with van der Waals surface area (Å²) in [6.45, 7) is 0.239. The lowest BCUT2D eigenvalue weighted by Gasteiger charge is -2.28. The molecular formula is C16H23NO. The van der Waals surface area contributed by atoms with Gasteiger partial charge in [-0.15, -0.1) is 0 Å². The second kappa shape index (κ2) is 5.41. The molecule has 2 fully saturated rings. The SMILES string of the molecule is OC[C@H](Cc1ccccc1)NC1CC2CCC1C2. The third-order valence-corrected chi connectivity index (χ3v) is 4.73. The molecule has 0 spiro atoms. The molecule has 3 rings (SSSR count). The van der Waals surface area contributed by atoms with Crippen LogP contribution in [-0.2, 0) is 6.42 Å². The van der Waals surface area contributed by atoms with Crippen LogP contribution < -0.4 is 5.32 Å². The zero-order chi connectivity index (χ0) is 12.4. The lowest BCUT2D eigenvalue weighted by atomic mass is 9.94. The summed E-state index contributed by atoms with van der Waals surface area (Å²) in [6, 6.07) is 11.3. The summed E-state index contributed by atoms with van der Waals surface area (Å²) in [5.74, 6) is 1.84. The second-order valence-corrected chi connectivity index (χ2v) is 6.02. The van der Waals surface area contributed by atoms with Crippen LogP contribution in [0.2, 0.25) is 0 Å². The Morgan fingerprint density at radius 1 is 1.17 bits per heavy atom. The van der Waals surface area contributed by atoms with Crippen LogP contribution in [0.25, 0.3) is 0 Å². The number of rotatable bonds is 5. The van der Waals surface area contributed by atoms with E-state index in [4.69, 9.17) is 0 Å². The van der Waals surface area contributed by atoms with Crippen LogP contribution >= 0.6 is 0 Å². The number of benzene rings is 1. The molecule has 3 unspecified atom stereocenters. The lowest BCUT2D eigenvalue weighted by Crippen LogP contribution is -2.44. The van der Waals surface area contributed by atoms with Gasteiger partial charge in [-0.3, -0.25) is 0 Å². The first-order chi connectivity index (χ1) is 8.85. The molecule has 4 atom stereocenters. The molecule has 2 N–H and O–H groups in total. The van der Waals surface area contributed by atoms with Gasteiger partial charge in [0.25, 0.3) is 0 Å². The highest BCUT2D eigenvalue weighted by atomic mass is 16.3. The highest BCUT2D eigenvalue weighted by Gasteiger charge is 2.39. The second-order valence-electron chi connectivity index (χ2n) is 6.02. The van der Waals surface area contributed by atoms with Crippen LogP contribution in [-0.4, -0.2) is 23.8 Å². The first kappa shape index (κ1) is 12.2. The van der Waals surface area contributed by atoms with Gasteiger partial charge in [0, 0.05) is 12.1 Å². The van der Waals surface area contributed by atoms with E-state index in [2.05, 4.69) is 29.6 Å². The Morgan fingerprint density at radius 2 is 2.00 bits per heavy atom. The Balaban J connectivity index is 1.56. The molecule has 0 heterocycles. The van der Waals surface area contributed by atoms with Gasteiger partial charge in [-0.1, -0.05) is 36.8 Å². The summed E-state index contributed by atoms with van der Waals surface area (Å²) in [7, 11) is 0. The van der Waals surface area contributed by atoms with Crippen molar-refractivity contribution in [3.05, 3.63) is 35.9 Å². The van der Waals surface area contributed by atoms with Crippen LogP contribution in [0.1, 0.15) is 31.2 Å². The number of fused-ring (bicyclic) bond motifs is 2. The summed E-state index contributed by atoms with van der Waals surface area (Å²) in [5, 5.41) is 13.3. The van der Waals surface area contributed by atoms with Gasteiger partial charge in [0.15, 0.2) is 0 Å². The van der Waals surface area contributed by atoms with Crippen LogP contribution in [0.4, 0.5) is 0 Å². The Labute approximate surface area is 109 Å². The molecule has 1 aromatic rings. The molecular weight excluding hydrogens is 222 g/mol. The summed E-state index contributed by atoms with van der Waals surface area (Å²) < 4.78 is 0. The number of hydrogen-bond donors (Lipinski definition) is 2. The average Bonchev–Trinajstić information content (AvgIpc) is 3.01. The number of nitrogens with one attached hydrogen (secondary N) is 1. The van der Waals surface area contributed by atoms with E-state index in [9.17, 15) is 5.11 Å². The van der Waals surface area contributed by atoms with Crippen molar-refractivity contribution in [1.82, 2.24) is 5.32 Å². The molecule has 0 saturated heterocycles. The van der Waals surface area contributed by atoms with Gasteiger partial charge >= 0.3 is 0 Å². The standard InChI is InChI=1S/C16H23NO/c18-11-15(9-12-4-2-1-3-5-12)17-16-10-13-6-7-14(16)8-13/h1-5,13-18H,6-11H2/t13?,14?,15-,16?/m0/s1. The van der Waals surface area contributed by atoms with Crippen LogP contribution in [0.5, 0.6) is 0 Å². The average molecular weight is 245 g/mol. The van der Waals surface area contributed by atoms with Gasteiger partial charge in [-0.05, 0) is 43.1 Å². The Bertz CT molecular complexity index is 378. The zero-order valence-electron chi connectivity index (χ0n) is 10.9. The van der Waals surface area contributed by atoms with Crippen LogP contribution in [0.15, 0.2) is 30.3 Å². The number of aliphatic hydroxyl groups is 1. The molecule has 2 saturated carbocycles. The van der Waals surface area contributed by atoms with E-state index in [-0.39, 0.29) is 12.6 Å². The smallest absolute Gasteiger partial charge is 0.0587 e. The van der Waals surface area contributed by atoms with Crippen molar-refractivity contribution in [1.29, 1.82) is 0 Å². The minimum atomic E-state index is 0.219. The monoisotopic (exact) mass is 245 g/mol. The zero-order valence-corrected chi connectivity index (χ0v) is 10.9. The molecule has 0 aromatic heterocycles. The Morgan fingerprint density at radius 3 is 2.61 bits per heavy atom. The van der Waals surface area contributed by atoms with E-state index in [0.29, 0.717) is 6.04 Å². The number of hydrogen-bond acceptors (Lipinski definition) is 2. The van der Waals surface area contributed by atoms with E-state index in [0.717, 1.165) is 18.3 Å². The molecule has 1 aromatic carbocycles. The summed E-state index contributed by atoms with van der Waals surface area (Å²) >= 11 is 0. The fraction of sp³-hybridized carbons (Fsp3) is 0.625. The van der Waals surface area contributed by atoms with Gasteiger partial charge in [0.1, 0.15) is 0 Å². The van der Waals surface area contributed by atoms with Crippen molar-refractivity contribution in [2.24, 2.45) is 11.8 Å². The topological polar surface area (TPSA) is 32.3 Å². The molecule has 0 radical (unpaired) electrons. The highest BCUT2D eigenvalue weighted by Crippen LogP contribution is 2.44. The van der Waals surface area contributed by atoms with Gasteiger partial charge in [-0.25, -0.2) is 0 Å². The predicted octanol–water partition coefficient (Wildman–Crippen LogP) is 2.37.